The van der Waals surface area contributed by atoms with Crippen molar-refractivity contribution in [3.05, 3.63) is 59.2 Å². The first-order valence-corrected chi connectivity index (χ1v) is 6.58. The first-order valence-electron chi connectivity index (χ1n) is 6.58. The summed E-state index contributed by atoms with van der Waals surface area (Å²) in [6.07, 6.45) is -3.69. The van der Waals surface area contributed by atoms with Gasteiger partial charge >= 0.3 is 6.18 Å². The number of nitrogen functional groups attached to an aromatic ring is 1. The quantitative estimate of drug-likeness (QED) is 0.847. The second kappa shape index (κ2) is 6.08. The Morgan fingerprint density at radius 2 is 1.76 bits per heavy atom. The van der Waals surface area contributed by atoms with Crippen molar-refractivity contribution in [1.82, 2.24) is 0 Å². The lowest BCUT2D eigenvalue weighted by Gasteiger charge is -2.15. The molecule has 0 heterocycles. The van der Waals surface area contributed by atoms with Crippen molar-refractivity contribution >= 4 is 5.69 Å². The van der Waals surface area contributed by atoms with Crippen LogP contribution in [0.5, 0.6) is 5.75 Å². The third-order valence-electron chi connectivity index (χ3n) is 3.18. The van der Waals surface area contributed by atoms with Gasteiger partial charge < -0.3 is 10.5 Å². The van der Waals surface area contributed by atoms with E-state index in [0.29, 0.717) is 5.75 Å². The summed E-state index contributed by atoms with van der Waals surface area (Å²) in [5.41, 5.74) is 5.80. The molecule has 2 aromatic rings. The second-order valence-electron chi connectivity index (χ2n) is 4.66. The maximum absolute atomic E-state index is 13.0. The number of aryl methyl sites for hydroxylation is 1. The standard InChI is InChI=1S/C16H16F3NO/c1-2-11-5-3-4-6-15(11)21-10-12-7-8-13(20)9-14(12)16(17,18)19/h3-9H,2,10,20H2,1H3. The average Bonchev–Trinajstić information content (AvgIpc) is 2.45. The molecule has 2 aromatic carbocycles. The van der Waals surface area contributed by atoms with Gasteiger partial charge in [0.15, 0.2) is 0 Å². The zero-order valence-electron chi connectivity index (χ0n) is 11.6. The average molecular weight is 295 g/mol. The highest BCUT2D eigenvalue weighted by Crippen LogP contribution is 2.34. The molecule has 0 saturated heterocycles. The van der Waals surface area contributed by atoms with E-state index in [0.717, 1.165) is 18.1 Å². The highest BCUT2D eigenvalue weighted by molar-refractivity contribution is 5.46. The molecule has 0 amide bonds. The highest BCUT2D eigenvalue weighted by atomic mass is 19.4. The summed E-state index contributed by atoms with van der Waals surface area (Å²) >= 11 is 0. The molecule has 2 rings (SSSR count). The van der Waals surface area contributed by atoms with E-state index in [1.807, 2.05) is 19.1 Å². The molecular formula is C16H16F3NO. The van der Waals surface area contributed by atoms with Gasteiger partial charge in [-0.25, -0.2) is 0 Å². The van der Waals surface area contributed by atoms with E-state index in [1.54, 1.807) is 12.1 Å². The lowest BCUT2D eigenvalue weighted by atomic mass is 10.1. The number of benzene rings is 2. The number of alkyl halides is 3. The molecule has 0 radical (unpaired) electrons. The third-order valence-corrected chi connectivity index (χ3v) is 3.18. The summed E-state index contributed by atoms with van der Waals surface area (Å²) in [6.45, 7) is 1.82. The van der Waals surface area contributed by atoms with Gasteiger partial charge in [-0.15, -0.1) is 0 Å². The van der Waals surface area contributed by atoms with Crippen LogP contribution in [0.4, 0.5) is 18.9 Å². The summed E-state index contributed by atoms with van der Waals surface area (Å²) in [4.78, 5) is 0. The van der Waals surface area contributed by atoms with Crippen LogP contribution < -0.4 is 10.5 Å². The molecule has 2 nitrogen and oxygen atoms in total. The monoisotopic (exact) mass is 295 g/mol. The van der Waals surface area contributed by atoms with Crippen molar-refractivity contribution in [2.45, 2.75) is 26.1 Å². The third kappa shape index (κ3) is 3.68. The highest BCUT2D eigenvalue weighted by Gasteiger charge is 2.33. The zero-order chi connectivity index (χ0) is 15.5. The Labute approximate surface area is 121 Å². The van der Waals surface area contributed by atoms with E-state index >= 15 is 0 Å². The minimum absolute atomic E-state index is 0.0719. The number of para-hydroxylation sites is 1. The molecule has 5 heteroatoms. The fourth-order valence-electron chi connectivity index (χ4n) is 2.08. The normalized spacial score (nSPS) is 11.4. The number of nitrogens with two attached hydrogens (primary N) is 1. The molecule has 0 bridgehead atoms. The lowest BCUT2D eigenvalue weighted by Crippen LogP contribution is -2.12. The van der Waals surface area contributed by atoms with Crippen LogP contribution in [0.1, 0.15) is 23.6 Å². The number of anilines is 1. The van der Waals surface area contributed by atoms with Crippen LogP contribution in [-0.2, 0) is 19.2 Å². The molecule has 112 valence electrons. The van der Waals surface area contributed by atoms with E-state index in [9.17, 15) is 13.2 Å². The minimum Gasteiger partial charge on any atom is -0.489 e. The molecule has 0 aromatic heterocycles. The topological polar surface area (TPSA) is 35.2 Å². The Kier molecular flexibility index (Phi) is 4.40. The minimum atomic E-state index is -4.45. The van der Waals surface area contributed by atoms with Gasteiger partial charge in [-0.05, 0) is 30.2 Å². The maximum atomic E-state index is 13.0. The number of rotatable bonds is 4. The van der Waals surface area contributed by atoms with Gasteiger partial charge in [0.05, 0.1) is 5.56 Å². The molecule has 2 N–H and O–H groups in total. The van der Waals surface area contributed by atoms with Gasteiger partial charge in [-0.1, -0.05) is 31.2 Å². The first kappa shape index (κ1) is 15.2. The zero-order valence-corrected chi connectivity index (χ0v) is 11.6. The summed E-state index contributed by atoms with van der Waals surface area (Å²) in [5, 5.41) is 0. The van der Waals surface area contributed by atoms with Crippen molar-refractivity contribution in [3.8, 4) is 5.75 Å². The van der Waals surface area contributed by atoms with Crippen molar-refractivity contribution in [3.63, 3.8) is 0 Å². The molecule has 0 saturated carbocycles. The Hall–Kier alpha value is -2.17. The van der Waals surface area contributed by atoms with Crippen LogP contribution in [0.15, 0.2) is 42.5 Å². The van der Waals surface area contributed by atoms with Crippen LogP contribution >= 0.6 is 0 Å². The fourth-order valence-corrected chi connectivity index (χ4v) is 2.08. The Bertz CT molecular complexity index is 623. The molecular weight excluding hydrogens is 279 g/mol. The maximum Gasteiger partial charge on any atom is 0.416 e. The number of ether oxygens (including phenoxy) is 1. The Balaban J connectivity index is 2.24. The lowest BCUT2D eigenvalue weighted by molar-refractivity contribution is -0.138. The summed E-state index contributed by atoms with van der Waals surface area (Å²) < 4.78 is 44.5. The van der Waals surface area contributed by atoms with Crippen LogP contribution in [-0.4, -0.2) is 0 Å². The summed E-state index contributed by atoms with van der Waals surface area (Å²) in [7, 11) is 0. The van der Waals surface area contributed by atoms with Crippen LogP contribution in [0.3, 0.4) is 0 Å². The number of halogens is 3. The van der Waals surface area contributed by atoms with Gasteiger partial charge in [0.1, 0.15) is 12.4 Å². The van der Waals surface area contributed by atoms with Crippen molar-refractivity contribution in [2.75, 3.05) is 5.73 Å². The van der Waals surface area contributed by atoms with E-state index in [1.165, 1.54) is 12.1 Å². The van der Waals surface area contributed by atoms with Gasteiger partial charge in [-0.2, -0.15) is 13.2 Å². The van der Waals surface area contributed by atoms with Gasteiger partial charge in [0.2, 0.25) is 0 Å². The smallest absolute Gasteiger partial charge is 0.416 e. The van der Waals surface area contributed by atoms with Gasteiger partial charge in [0.25, 0.3) is 0 Å². The molecule has 0 spiro atoms. The molecule has 0 aliphatic heterocycles. The van der Waals surface area contributed by atoms with Gasteiger partial charge in [0, 0.05) is 11.3 Å². The Morgan fingerprint density at radius 3 is 2.43 bits per heavy atom. The number of hydrogen-bond donors (Lipinski definition) is 1. The Morgan fingerprint density at radius 1 is 1.05 bits per heavy atom. The van der Waals surface area contributed by atoms with Crippen molar-refractivity contribution < 1.29 is 17.9 Å². The predicted molar refractivity (Wildman–Crippen MR) is 76.0 cm³/mol. The predicted octanol–water partition coefficient (Wildman–Crippen LogP) is 4.43. The van der Waals surface area contributed by atoms with Gasteiger partial charge in [-0.3, -0.25) is 0 Å². The van der Waals surface area contributed by atoms with Crippen LogP contribution in [0.25, 0.3) is 0 Å². The van der Waals surface area contributed by atoms with Crippen LogP contribution in [0.2, 0.25) is 0 Å². The molecule has 0 unspecified atom stereocenters. The van der Waals surface area contributed by atoms with E-state index in [-0.39, 0.29) is 17.9 Å². The molecule has 0 atom stereocenters. The molecule has 21 heavy (non-hydrogen) atoms. The molecule has 0 fully saturated rings. The largest absolute Gasteiger partial charge is 0.489 e. The van der Waals surface area contributed by atoms with Crippen LogP contribution in [0, 0.1) is 0 Å². The summed E-state index contributed by atoms with van der Waals surface area (Å²) in [5.74, 6) is 0.602. The first-order chi connectivity index (χ1) is 9.91. The molecule has 0 aliphatic rings. The van der Waals surface area contributed by atoms with E-state index in [4.69, 9.17) is 10.5 Å². The van der Waals surface area contributed by atoms with E-state index < -0.39 is 11.7 Å². The SMILES string of the molecule is CCc1ccccc1OCc1ccc(N)cc1C(F)(F)F. The second-order valence-corrected chi connectivity index (χ2v) is 4.66. The number of hydrogen-bond acceptors (Lipinski definition) is 2. The van der Waals surface area contributed by atoms with E-state index in [2.05, 4.69) is 0 Å². The van der Waals surface area contributed by atoms with Crippen molar-refractivity contribution in [2.24, 2.45) is 0 Å². The summed E-state index contributed by atoms with van der Waals surface area (Å²) in [6, 6.07) is 11.0. The van der Waals surface area contributed by atoms with Crippen molar-refractivity contribution in [1.29, 1.82) is 0 Å². The molecule has 0 aliphatic carbocycles. The fraction of sp³-hybridized carbons (Fsp3) is 0.250.